The second-order valence-corrected chi connectivity index (χ2v) is 6.05. The van der Waals surface area contributed by atoms with Crippen LogP contribution in [0.5, 0.6) is 5.75 Å². The smallest absolute Gasteiger partial charge is 0.265 e. The molecule has 0 saturated heterocycles. The van der Waals surface area contributed by atoms with Gasteiger partial charge in [-0.1, -0.05) is 6.07 Å². The Morgan fingerprint density at radius 1 is 1.28 bits per heavy atom. The highest BCUT2D eigenvalue weighted by atomic mass is 16.5. The van der Waals surface area contributed by atoms with Gasteiger partial charge in [0.1, 0.15) is 5.75 Å². The van der Waals surface area contributed by atoms with Crippen LogP contribution >= 0.6 is 0 Å². The van der Waals surface area contributed by atoms with Crippen molar-refractivity contribution in [2.45, 2.75) is 26.8 Å². The summed E-state index contributed by atoms with van der Waals surface area (Å²) in [6, 6.07) is 7.86. The maximum atomic E-state index is 12.9. The van der Waals surface area contributed by atoms with E-state index in [-0.39, 0.29) is 23.9 Å². The Labute approximate surface area is 145 Å². The average molecular weight is 340 g/mol. The topological polar surface area (TPSA) is 68.6 Å². The molecule has 1 aliphatic rings. The molecule has 1 unspecified atom stereocenters. The Morgan fingerprint density at radius 3 is 2.76 bits per heavy atom. The van der Waals surface area contributed by atoms with Crippen molar-refractivity contribution in [3.63, 3.8) is 0 Å². The lowest BCUT2D eigenvalue weighted by molar-refractivity contribution is -0.121. The van der Waals surface area contributed by atoms with Crippen LogP contribution in [0.25, 0.3) is 0 Å². The van der Waals surface area contributed by atoms with Crippen LogP contribution in [0.15, 0.2) is 41.3 Å². The van der Waals surface area contributed by atoms with Crippen LogP contribution in [0, 0.1) is 6.92 Å². The SMILES string of the molecule is CCN1C(=O)COc2ccc(C(=O)C(C)n3cccc(C)c3=O)cc21. The van der Waals surface area contributed by atoms with Crippen molar-refractivity contribution in [2.75, 3.05) is 18.1 Å². The fraction of sp³-hybridized carbons (Fsp3) is 0.316. The molecule has 0 aliphatic carbocycles. The highest BCUT2D eigenvalue weighted by molar-refractivity contribution is 6.03. The van der Waals surface area contributed by atoms with Gasteiger partial charge in [0, 0.05) is 23.9 Å². The fourth-order valence-corrected chi connectivity index (χ4v) is 3.00. The number of likely N-dealkylation sites (N-methyl/N-ethyl adjacent to an activating group) is 1. The van der Waals surface area contributed by atoms with Gasteiger partial charge in [-0.05, 0) is 45.0 Å². The molecule has 1 aromatic heterocycles. The van der Waals surface area contributed by atoms with Gasteiger partial charge in [0.15, 0.2) is 12.4 Å². The van der Waals surface area contributed by atoms with E-state index in [4.69, 9.17) is 4.74 Å². The van der Waals surface area contributed by atoms with E-state index in [2.05, 4.69) is 0 Å². The molecule has 0 N–H and O–H groups in total. The summed E-state index contributed by atoms with van der Waals surface area (Å²) in [7, 11) is 0. The zero-order valence-electron chi connectivity index (χ0n) is 14.5. The zero-order chi connectivity index (χ0) is 18.1. The van der Waals surface area contributed by atoms with Gasteiger partial charge in [-0.25, -0.2) is 0 Å². The minimum absolute atomic E-state index is 0.00320. The Morgan fingerprint density at radius 2 is 2.04 bits per heavy atom. The standard InChI is InChI=1S/C19H20N2O4/c1-4-20-15-10-14(7-8-16(15)25-11-17(20)22)18(23)13(3)21-9-5-6-12(2)19(21)24/h5-10,13H,4,11H2,1-3H3. The lowest BCUT2D eigenvalue weighted by Gasteiger charge is -2.28. The molecule has 25 heavy (non-hydrogen) atoms. The summed E-state index contributed by atoms with van der Waals surface area (Å²) < 4.78 is 6.85. The van der Waals surface area contributed by atoms with Crippen LogP contribution in [0.2, 0.25) is 0 Å². The predicted molar refractivity (Wildman–Crippen MR) is 94.4 cm³/mol. The Hall–Kier alpha value is -2.89. The number of anilines is 1. The van der Waals surface area contributed by atoms with E-state index in [1.54, 1.807) is 55.3 Å². The number of ketones is 1. The summed E-state index contributed by atoms with van der Waals surface area (Å²) in [5.74, 6) is 0.255. The number of ether oxygens (including phenoxy) is 1. The Bertz CT molecular complexity index is 901. The van der Waals surface area contributed by atoms with Crippen LogP contribution in [0.4, 0.5) is 5.69 Å². The third-order valence-electron chi connectivity index (χ3n) is 4.46. The molecule has 1 atom stereocenters. The molecule has 0 radical (unpaired) electrons. The highest BCUT2D eigenvalue weighted by Gasteiger charge is 2.26. The zero-order valence-corrected chi connectivity index (χ0v) is 14.5. The molecule has 3 rings (SSSR count). The van der Waals surface area contributed by atoms with Crippen LogP contribution in [0.3, 0.4) is 0 Å². The van der Waals surface area contributed by atoms with Gasteiger partial charge in [0.2, 0.25) is 0 Å². The summed E-state index contributed by atoms with van der Waals surface area (Å²) >= 11 is 0. The first-order chi connectivity index (χ1) is 11.9. The molecule has 0 saturated carbocycles. The lowest BCUT2D eigenvalue weighted by atomic mass is 10.0. The van der Waals surface area contributed by atoms with Crippen molar-refractivity contribution in [1.82, 2.24) is 4.57 Å². The summed E-state index contributed by atoms with van der Waals surface area (Å²) in [4.78, 5) is 38.7. The van der Waals surface area contributed by atoms with E-state index in [0.29, 0.717) is 29.1 Å². The number of benzene rings is 1. The third-order valence-corrected chi connectivity index (χ3v) is 4.46. The van der Waals surface area contributed by atoms with Gasteiger partial charge < -0.3 is 14.2 Å². The number of nitrogens with zero attached hydrogens (tertiary/aromatic N) is 2. The number of carbonyl (C=O) groups excluding carboxylic acids is 2. The molecule has 1 amide bonds. The van der Waals surface area contributed by atoms with Gasteiger partial charge in [-0.2, -0.15) is 0 Å². The number of aromatic nitrogens is 1. The number of hydrogen-bond donors (Lipinski definition) is 0. The molecular weight excluding hydrogens is 320 g/mol. The van der Waals surface area contributed by atoms with Gasteiger partial charge in [-0.3, -0.25) is 14.4 Å². The minimum atomic E-state index is -0.638. The van der Waals surface area contributed by atoms with Crippen molar-refractivity contribution in [2.24, 2.45) is 0 Å². The van der Waals surface area contributed by atoms with Gasteiger partial charge >= 0.3 is 0 Å². The molecule has 2 heterocycles. The second kappa shape index (κ2) is 6.55. The molecular formula is C19H20N2O4. The summed E-state index contributed by atoms with van der Waals surface area (Å²) in [5, 5.41) is 0. The van der Waals surface area contributed by atoms with Crippen LogP contribution in [0.1, 0.15) is 35.8 Å². The van der Waals surface area contributed by atoms with E-state index in [9.17, 15) is 14.4 Å². The van der Waals surface area contributed by atoms with Gasteiger partial charge in [0.25, 0.3) is 11.5 Å². The van der Waals surface area contributed by atoms with Gasteiger partial charge in [-0.15, -0.1) is 0 Å². The van der Waals surface area contributed by atoms with Crippen molar-refractivity contribution in [3.8, 4) is 5.75 Å². The van der Waals surface area contributed by atoms with Crippen molar-refractivity contribution in [3.05, 3.63) is 58.0 Å². The second-order valence-electron chi connectivity index (χ2n) is 6.05. The fourth-order valence-electron chi connectivity index (χ4n) is 3.00. The number of aryl methyl sites for hydroxylation is 1. The minimum Gasteiger partial charge on any atom is -0.482 e. The highest BCUT2D eigenvalue weighted by Crippen LogP contribution is 2.33. The van der Waals surface area contributed by atoms with Crippen LogP contribution in [-0.2, 0) is 4.79 Å². The number of carbonyl (C=O) groups is 2. The van der Waals surface area contributed by atoms with Crippen LogP contribution < -0.4 is 15.2 Å². The predicted octanol–water partition coefficient (Wildman–Crippen LogP) is 2.35. The van der Waals surface area contributed by atoms with E-state index >= 15 is 0 Å². The van der Waals surface area contributed by atoms with E-state index in [0.717, 1.165) is 0 Å². The molecule has 2 aromatic rings. The Kier molecular flexibility index (Phi) is 4.44. The largest absolute Gasteiger partial charge is 0.482 e. The molecule has 6 heteroatoms. The first-order valence-corrected chi connectivity index (χ1v) is 8.23. The summed E-state index contributed by atoms with van der Waals surface area (Å²) in [5.41, 5.74) is 1.43. The number of fused-ring (bicyclic) bond motifs is 1. The summed E-state index contributed by atoms with van der Waals surface area (Å²) in [6.07, 6.45) is 1.61. The molecule has 0 fully saturated rings. The van der Waals surface area contributed by atoms with E-state index in [1.165, 1.54) is 4.57 Å². The first kappa shape index (κ1) is 17.0. The van der Waals surface area contributed by atoms with E-state index in [1.807, 2.05) is 6.92 Å². The maximum absolute atomic E-state index is 12.9. The third kappa shape index (κ3) is 2.95. The molecule has 6 nitrogen and oxygen atoms in total. The van der Waals surface area contributed by atoms with E-state index < -0.39 is 6.04 Å². The number of pyridine rings is 1. The molecule has 1 aliphatic heterocycles. The quantitative estimate of drug-likeness (QED) is 0.801. The lowest BCUT2D eigenvalue weighted by Crippen LogP contribution is -2.38. The molecule has 1 aromatic carbocycles. The van der Waals surface area contributed by atoms with Crippen LogP contribution in [-0.4, -0.2) is 29.4 Å². The van der Waals surface area contributed by atoms with Crippen molar-refractivity contribution in [1.29, 1.82) is 0 Å². The average Bonchev–Trinajstić information content (AvgIpc) is 2.62. The number of amides is 1. The molecule has 0 bridgehead atoms. The number of Topliss-reactive ketones (excluding diaryl/α,β-unsaturated/α-hetero) is 1. The molecule has 0 spiro atoms. The summed E-state index contributed by atoms with van der Waals surface area (Å²) in [6.45, 7) is 5.79. The van der Waals surface area contributed by atoms with Gasteiger partial charge in [0.05, 0.1) is 11.7 Å². The monoisotopic (exact) mass is 340 g/mol. The Balaban J connectivity index is 1.98. The van der Waals surface area contributed by atoms with Crippen molar-refractivity contribution < 1.29 is 14.3 Å². The molecule has 130 valence electrons. The first-order valence-electron chi connectivity index (χ1n) is 8.23. The normalized spacial score (nSPS) is 14.7. The number of rotatable bonds is 4. The van der Waals surface area contributed by atoms with Crippen molar-refractivity contribution >= 4 is 17.4 Å². The maximum Gasteiger partial charge on any atom is 0.265 e. The number of hydrogen-bond acceptors (Lipinski definition) is 4.